The summed E-state index contributed by atoms with van der Waals surface area (Å²) in [5, 5.41) is 1.67. The van der Waals surface area contributed by atoms with Crippen LogP contribution in [0.4, 0.5) is 0 Å². The van der Waals surface area contributed by atoms with Gasteiger partial charge in [-0.25, -0.2) is 4.79 Å². The summed E-state index contributed by atoms with van der Waals surface area (Å²) in [6, 6.07) is -5.86. The smallest absolute Gasteiger partial charge is 0.338 e. The fourth-order valence-corrected chi connectivity index (χ4v) is 0.889. The van der Waals surface area contributed by atoms with Gasteiger partial charge in [-0.2, -0.15) is 0 Å². The maximum atomic E-state index is 12.9. The van der Waals surface area contributed by atoms with E-state index < -0.39 is 110 Å². The molecular formula is C16H23N3O4. The molecule has 0 saturated heterocycles. The molecule has 1 aromatic rings. The highest BCUT2D eigenvalue weighted by atomic mass is 16.5. The lowest BCUT2D eigenvalue weighted by molar-refractivity contribution is -0.134. The van der Waals surface area contributed by atoms with E-state index in [-0.39, 0.29) is 0 Å². The van der Waals surface area contributed by atoms with Gasteiger partial charge in [0.1, 0.15) is 5.75 Å². The predicted molar refractivity (Wildman–Crippen MR) is 86.4 cm³/mol. The van der Waals surface area contributed by atoms with Gasteiger partial charge < -0.3 is 20.5 Å². The van der Waals surface area contributed by atoms with Crippen molar-refractivity contribution in [3.05, 3.63) is 29.7 Å². The van der Waals surface area contributed by atoms with Crippen LogP contribution < -0.4 is 15.8 Å². The second kappa shape index (κ2) is 10.2. The average Bonchev–Trinajstić information content (AvgIpc) is 2.88. The van der Waals surface area contributed by atoms with Gasteiger partial charge in [0, 0.05) is 30.7 Å². The van der Waals surface area contributed by atoms with Crippen LogP contribution in [0.25, 0.3) is 0 Å². The molecule has 0 unspecified atom stereocenters. The maximum Gasteiger partial charge on any atom is 0.338 e. The molecule has 0 aliphatic carbocycles. The molecular weight excluding hydrogens is 298 g/mol. The zero-order chi connectivity index (χ0) is 37.0. The molecule has 4 N–H and O–H groups in total. The first-order valence-electron chi connectivity index (χ1n) is 16.7. The molecule has 7 heteroatoms. The number of carbonyl (C=O) groups excluding carboxylic acids is 2. The predicted octanol–water partition coefficient (Wildman–Crippen LogP) is 1.81. The van der Waals surface area contributed by atoms with Crippen molar-refractivity contribution >= 4 is 17.9 Å². The number of hydrogen-bond acceptors (Lipinski definition) is 5. The van der Waals surface area contributed by atoms with E-state index in [4.69, 9.17) is 31.7 Å². The third-order valence-electron chi connectivity index (χ3n) is 1.65. The minimum atomic E-state index is -4.52. The Morgan fingerprint density at radius 2 is 2.30 bits per heavy atom. The monoisotopic (exact) mass is 344 g/mol. The SMILES string of the molecule is [2H]N=C(N([2H])[2H])N([2H])C([2H])([2H])C([2H])([2H])C([2H])([2H])C([2H])([2H])C([2H])([2H])C(=O)Oc1c([2H])c([2H])c(C(=O)OC([2H])([2H])C([2H])([2H])[2H])c([2H])c1[2H]. The van der Waals surface area contributed by atoms with Crippen molar-refractivity contribution in [1.82, 2.24) is 5.31 Å². The van der Waals surface area contributed by atoms with E-state index in [1.807, 2.05) is 0 Å². The van der Waals surface area contributed by atoms with Gasteiger partial charge in [-0.15, -0.1) is 0 Å². The molecule has 23 heavy (non-hydrogen) atoms. The van der Waals surface area contributed by atoms with E-state index in [0.29, 0.717) is 0 Å². The number of ether oxygens (including phenoxy) is 2. The molecule has 0 aromatic heterocycles. The Morgan fingerprint density at radius 1 is 1.48 bits per heavy atom. The number of guanidine groups is 1. The number of carbonyl (C=O) groups is 2. The van der Waals surface area contributed by atoms with E-state index >= 15 is 0 Å². The van der Waals surface area contributed by atoms with Crippen LogP contribution in [-0.2, 0) is 9.53 Å². The first kappa shape index (κ1) is 4.09. The number of nitrogens with two attached hydrogens (primary N) is 1. The highest BCUT2D eigenvalue weighted by Crippen LogP contribution is 2.14. The maximum absolute atomic E-state index is 12.9. The third-order valence-corrected chi connectivity index (χ3v) is 1.65. The van der Waals surface area contributed by atoms with E-state index in [0.717, 1.165) is 0 Å². The molecule has 1 rings (SSSR count). The lowest BCUT2D eigenvalue weighted by atomic mass is 10.2. The summed E-state index contributed by atoms with van der Waals surface area (Å²) in [6.07, 6.45) is -17.8. The van der Waals surface area contributed by atoms with E-state index in [1.165, 1.54) is 0 Å². The van der Waals surface area contributed by atoms with Gasteiger partial charge in [0.15, 0.2) is 11.6 Å². The minimum absolute atomic E-state index is 0.651. The largest absolute Gasteiger partial charge is 0.462 e. The number of esters is 2. The summed E-state index contributed by atoms with van der Waals surface area (Å²) < 4.78 is 185. The molecule has 0 radical (unpaired) electrons. The second-order valence-corrected chi connectivity index (χ2v) is 3.11. The molecule has 126 valence electrons. The Bertz CT molecular complexity index is 1360. The number of nitrogens with one attached hydrogen (secondary N) is 2. The van der Waals surface area contributed by atoms with Gasteiger partial charge in [0.25, 0.3) is 0 Å². The molecule has 0 aliphatic heterocycles. The van der Waals surface area contributed by atoms with Crippen LogP contribution in [0, 0.1) is 5.40 Å². The molecule has 0 heterocycles. The normalized spacial score (nSPS) is 29.6. The zero-order valence-electron chi connectivity index (χ0n) is 34.0. The fourth-order valence-electron chi connectivity index (χ4n) is 0.889. The highest BCUT2D eigenvalue weighted by Gasteiger charge is 2.08. The van der Waals surface area contributed by atoms with Crippen molar-refractivity contribution in [1.29, 1.82) is 5.40 Å². The molecule has 0 aliphatic rings. The Morgan fingerprint density at radius 3 is 3.00 bits per heavy atom. The highest BCUT2D eigenvalue weighted by molar-refractivity contribution is 5.89. The Balaban J connectivity index is 3.66. The van der Waals surface area contributed by atoms with E-state index in [9.17, 15) is 9.59 Å². The first-order chi connectivity index (χ1) is 20.2. The summed E-state index contributed by atoms with van der Waals surface area (Å²) in [6.45, 7) is -11.4. The quantitative estimate of drug-likeness (QED) is 0.272. The van der Waals surface area contributed by atoms with E-state index in [2.05, 4.69) is 14.9 Å². The van der Waals surface area contributed by atoms with Gasteiger partial charge in [-0.3, -0.25) is 10.2 Å². The lowest BCUT2D eigenvalue weighted by Gasteiger charge is -2.06. The number of rotatable bonds is 9. The standard InChI is InChI=1S/C16H23N3O4/c1-2-22-15(21)12-7-9-13(10-8-12)23-14(20)6-4-3-5-11-19-16(17)18/h7-10H,2-6,11H2,1H3,(H4,17,18,19)/i1D3,2D2,3D2,4D2,5D2,6D2,7D,8D,9D,10D,11D2/hD4. The van der Waals surface area contributed by atoms with Crippen LogP contribution in [0.2, 0.25) is 5.65 Å². The molecule has 0 atom stereocenters. The first-order valence-corrected chi connectivity index (χ1v) is 5.37. The van der Waals surface area contributed by atoms with Crippen molar-refractivity contribution < 1.29 is 50.8 Å². The lowest BCUT2D eigenvalue weighted by Crippen LogP contribution is -2.30. The summed E-state index contributed by atoms with van der Waals surface area (Å²) in [7, 11) is 0. The Kier molecular flexibility index (Phi) is 1.81. The Labute approximate surface area is 168 Å². The van der Waals surface area contributed by atoms with Crippen LogP contribution in [0.1, 0.15) is 68.7 Å². The van der Waals surface area contributed by atoms with Crippen LogP contribution in [0.15, 0.2) is 24.2 Å². The van der Waals surface area contributed by atoms with Crippen molar-refractivity contribution in [3.8, 4) is 5.75 Å². The van der Waals surface area contributed by atoms with Crippen LogP contribution >= 0.6 is 0 Å². The topological polar surface area (TPSA) is 115 Å². The number of benzene rings is 1. The molecule has 0 bridgehead atoms. The van der Waals surface area contributed by atoms with Crippen molar-refractivity contribution in [2.24, 2.45) is 5.72 Å². The molecule has 0 fully saturated rings. The third kappa shape index (κ3) is 7.85. The Hall–Kier alpha value is -2.57. The molecule has 0 spiro atoms. The number of hydrogen-bond donors (Lipinski definition) is 3. The fraction of sp³-hybridized carbons (Fsp3) is 0.438. The summed E-state index contributed by atoms with van der Waals surface area (Å²) in [4.78, 5) is 25.3. The van der Waals surface area contributed by atoms with Crippen LogP contribution in [0.5, 0.6) is 5.75 Å². The second-order valence-electron chi connectivity index (χ2n) is 3.11. The molecule has 0 amide bonds. The molecule has 0 saturated carbocycles. The van der Waals surface area contributed by atoms with Crippen LogP contribution in [0.3, 0.4) is 0 Å². The zero-order valence-corrected chi connectivity index (χ0v) is 11.0. The minimum Gasteiger partial charge on any atom is -0.462 e. The van der Waals surface area contributed by atoms with Crippen LogP contribution in [-0.4, -0.2) is 31.0 Å². The van der Waals surface area contributed by atoms with Gasteiger partial charge in [0.2, 0.25) is 0 Å². The van der Waals surface area contributed by atoms with Crippen molar-refractivity contribution in [2.45, 2.75) is 32.3 Å². The van der Waals surface area contributed by atoms with Gasteiger partial charge in [-0.1, -0.05) is 6.37 Å². The van der Waals surface area contributed by atoms with E-state index in [1.54, 1.807) is 0 Å². The van der Waals surface area contributed by atoms with Gasteiger partial charge >= 0.3 is 11.9 Å². The molecule has 1 aromatic carbocycles. The summed E-state index contributed by atoms with van der Waals surface area (Å²) >= 11 is 0. The summed E-state index contributed by atoms with van der Waals surface area (Å²) in [5.41, 5.74) is -2.02. The van der Waals surface area contributed by atoms with Gasteiger partial charge in [0.05, 0.1) is 20.3 Å². The van der Waals surface area contributed by atoms with Crippen molar-refractivity contribution in [2.75, 3.05) is 13.1 Å². The molecule has 7 nitrogen and oxygen atoms in total. The van der Waals surface area contributed by atoms with Crippen molar-refractivity contribution in [3.63, 3.8) is 0 Å². The average molecular weight is 345 g/mol. The van der Waals surface area contributed by atoms with Gasteiger partial charge in [-0.05, 0) is 43.8 Å². The summed E-state index contributed by atoms with van der Waals surface area (Å²) in [5.74, 6) is -7.66.